The summed E-state index contributed by atoms with van der Waals surface area (Å²) in [5.74, 6) is -1.59. The van der Waals surface area contributed by atoms with Crippen molar-refractivity contribution in [2.45, 2.75) is 32.5 Å². The molecule has 11 heteroatoms. The van der Waals surface area contributed by atoms with Crippen LogP contribution in [0.25, 0.3) is 43.9 Å². The summed E-state index contributed by atoms with van der Waals surface area (Å²) in [5.41, 5.74) is 6.15. The molecule has 0 saturated carbocycles. The second kappa shape index (κ2) is 10.9. The maximum Gasteiger partial charge on any atom is 0.246 e. The molecule has 2 aliphatic heterocycles. The number of thiophene rings is 1. The summed E-state index contributed by atoms with van der Waals surface area (Å²) >= 11 is 1.45. The number of nitrogens with zero attached hydrogens (tertiary/aromatic N) is 6. The normalized spacial score (nSPS) is 16.6. The molecule has 1 amide bonds. The van der Waals surface area contributed by atoms with Crippen molar-refractivity contribution < 1.29 is 18.3 Å². The standard InChI is InChI=1S/C33H30F2N6O2S/c1-5-28(42)40-9-10-41-26(18(40)2)15-25(38-41)32-30(29-23(35)13-21(34)14-27(29)43-4)33-22(7-11-44-33)31(37-32)19-12-20-17-39(3)8-6-24(20)36-16-19/h5,7,11-16,18H,1,6,8-10,17H2,2-4H3/t18-/m1/s1. The smallest absolute Gasteiger partial charge is 0.246 e. The fourth-order valence-electron chi connectivity index (χ4n) is 6.35. The van der Waals surface area contributed by atoms with Gasteiger partial charge in [0.15, 0.2) is 0 Å². The first-order valence-electron chi connectivity index (χ1n) is 14.4. The zero-order chi connectivity index (χ0) is 30.7. The molecular formula is C33H30F2N6O2S. The highest BCUT2D eigenvalue weighted by Gasteiger charge is 2.31. The van der Waals surface area contributed by atoms with E-state index in [1.54, 1.807) is 4.90 Å². The molecule has 44 heavy (non-hydrogen) atoms. The number of benzene rings is 1. The lowest BCUT2D eigenvalue weighted by Crippen LogP contribution is -2.40. The molecule has 0 spiro atoms. The van der Waals surface area contributed by atoms with Crippen LogP contribution < -0.4 is 4.74 Å². The Kier molecular flexibility index (Phi) is 7.01. The molecule has 0 bridgehead atoms. The Labute approximate surface area is 257 Å². The highest BCUT2D eigenvalue weighted by Crippen LogP contribution is 2.47. The number of methoxy groups -OCH3 is 1. The molecule has 1 atom stereocenters. The lowest BCUT2D eigenvalue weighted by Gasteiger charge is -2.33. The Morgan fingerprint density at radius 1 is 1.14 bits per heavy atom. The van der Waals surface area contributed by atoms with Gasteiger partial charge in [-0.1, -0.05) is 6.58 Å². The highest BCUT2D eigenvalue weighted by molar-refractivity contribution is 7.18. The second-order valence-corrected chi connectivity index (χ2v) is 12.1. The van der Waals surface area contributed by atoms with E-state index in [-0.39, 0.29) is 23.3 Å². The molecule has 0 radical (unpaired) electrons. The fourth-order valence-corrected chi connectivity index (χ4v) is 7.30. The number of pyridine rings is 2. The van der Waals surface area contributed by atoms with Crippen LogP contribution in [0, 0.1) is 11.6 Å². The van der Waals surface area contributed by atoms with Gasteiger partial charge in [-0.2, -0.15) is 5.10 Å². The summed E-state index contributed by atoms with van der Waals surface area (Å²) < 4.78 is 38.3. The third-order valence-corrected chi connectivity index (χ3v) is 9.49. The maximum absolute atomic E-state index is 15.8. The van der Waals surface area contributed by atoms with Gasteiger partial charge in [0.2, 0.25) is 5.91 Å². The first-order chi connectivity index (χ1) is 21.3. The van der Waals surface area contributed by atoms with Crippen LogP contribution in [0.15, 0.2) is 54.6 Å². The Morgan fingerprint density at radius 2 is 1.98 bits per heavy atom. The molecule has 0 aliphatic carbocycles. The summed E-state index contributed by atoms with van der Waals surface area (Å²) in [4.78, 5) is 26.6. The minimum atomic E-state index is -0.758. The number of rotatable bonds is 5. The van der Waals surface area contributed by atoms with Gasteiger partial charge in [-0.15, -0.1) is 11.3 Å². The minimum absolute atomic E-state index is 0.0616. The van der Waals surface area contributed by atoms with Crippen molar-refractivity contribution in [1.82, 2.24) is 29.5 Å². The van der Waals surface area contributed by atoms with Crippen molar-refractivity contribution in [2.24, 2.45) is 0 Å². The summed E-state index contributed by atoms with van der Waals surface area (Å²) in [7, 11) is 3.48. The lowest BCUT2D eigenvalue weighted by molar-refractivity contribution is -0.129. The van der Waals surface area contributed by atoms with Gasteiger partial charge in [0.05, 0.1) is 36.6 Å². The largest absolute Gasteiger partial charge is 0.496 e. The number of hydrogen-bond donors (Lipinski definition) is 0. The monoisotopic (exact) mass is 612 g/mol. The van der Waals surface area contributed by atoms with Gasteiger partial charge in [0.25, 0.3) is 0 Å². The fraction of sp³-hybridized carbons (Fsp3) is 0.273. The van der Waals surface area contributed by atoms with E-state index in [2.05, 4.69) is 24.6 Å². The van der Waals surface area contributed by atoms with Gasteiger partial charge in [-0.3, -0.25) is 14.5 Å². The molecule has 0 saturated heterocycles. The Balaban J connectivity index is 1.50. The molecule has 8 nitrogen and oxygen atoms in total. The van der Waals surface area contributed by atoms with E-state index >= 15 is 4.39 Å². The summed E-state index contributed by atoms with van der Waals surface area (Å²) in [5, 5.41) is 7.69. The summed E-state index contributed by atoms with van der Waals surface area (Å²) in [6, 6.07) is 7.78. The third kappa shape index (κ3) is 4.58. The number of carbonyl (C=O) groups is 1. The van der Waals surface area contributed by atoms with E-state index in [1.807, 2.05) is 35.3 Å². The van der Waals surface area contributed by atoms with Crippen LogP contribution >= 0.6 is 11.3 Å². The van der Waals surface area contributed by atoms with Gasteiger partial charge in [0.1, 0.15) is 28.8 Å². The van der Waals surface area contributed by atoms with Crippen molar-refractivity contribution in [3.05, 3.63) is 83.1 Å². The molecule has 4 aromatic heterocycles. The molecule has 0 fully saturated rings. The van der Waals surface area contributed by atoms with Crippen LogP contribution in [0.5, 0.6) is 5.75 Å². The van der Waals surface area contributed by atoms with Crippen molar-refractivity contribution in [3.63, 3.8) is 0 Å². The van der Waals surface area contributed by atoms with E-state index in [9.17, 15) is 9.18 Å². The minimum Gasteiger partial charge on any atom is -0.496 e. The van der Waals surface area contributed by atoms with Crippen LogP contribution in [-0.2, 0) is 24.3 Å². The third-order valence-electron chi connectivity index (χ3n) is 8.56. The van der Waals surface area contributed by atoms with Crippen molar-refractivity contribution in [1.29, 1.82) is 0 Å². The van der Waals surface area contributed by atoms with E-state index in [4.69, 9.17) is 19.8 Å². The summed E-state index contributed by atoms with van der Waals surface area (Å²) in [6.45, 7) is 8.29. The molecule has 2 aliphatic rings. The Morgan fingerprint density at radius 3 is 2.77 bits per heavy atom. The van der Waals surface area contributed by atoms with Crippen molar-refractivity contribution in [3.8, 4) is 39.5 Å². The SMILES string of the molecule is C=CC(=O)N1CCn2nc(-c3nc(-c4cnc5c(c4)CN(C)CC5)c4ccsc4c3-c3c(F)cc(F)cc3OC)cc2[C@H]1C. The van der Waals surface area contributed by atoms with Gasteiger partial charge >= 0.3 is 0 Å². The molecule has 5 aromatic rings. The van der Waals surface area contributed by atoms with Crippen molar-refractivity contribution in [2.75, 3.05) is 27.2 Å². The number of fused-ring (bicyclic) bond motifs is 3. The first kappa shape index (κ1) is 28.3. The average molecular weight is 613 g/mol. The lowest BCUT2D eigenvalue weighted by atomic mass is 9.95. The molecule has 6 heterocycles. The molecule has 7 rings (SSSR count). The van der Waals surface area contributed by atoms with Gasteiger partial charge in [-0.25, -0.2) is 13.8 Å². The highest BCUT2D eigenvalue weighted by atomic mass is 32.1. The first-order valence-corrected chi connectivity index (χ1v) is 15.3. The summed E-state index contributed by atoms with van der Waals surface area (Å²) in [6.07, 6.45) is 4.05. The number of hydrogen-bond acceptors (Lipinski definition) is 7. The average Bonchev–Trinajstić information content (AvgIpc) is 3.68. The van der Waals surface area contributed by atoms with Crippen molar-refractivity contribution >= 4 is 27.3 Å². The quantitative estimate of drug-likeness (QED) is 0.219. The van der Waals surface area contributed by atoms with Crippen LogP contribution in [0.1, 0.15) is 29.9 Å². The number of likely N-dealkylation sites (N-methyl/N-ethyl adjacent to an activating group) is 1. The number of aromatic nitrogens is 4. The van der Waals surface area contributed by atoms with E-state index < -0.39 is 11.6 Å². The Bertz CT molecular complexity index is 1970. The van der Waals surface area contributed by atoms with Gasteiger partial charge in [0, 0.05) is 71.3 Å². The zero-order valence-electron chi connectivity index (χ0n) is 24.6. The second-order valence-electron chi connectivity index (χ2n) is 11.2. The number of halogens is 2. The van der Waals surface area contributed by atoms with E-state index in [0.717, 1.165) is 58.2 Å². The van der Waals surface area contributed by atoms with Crippen LogP contribution in [0.3, 0.4) is 0 Å². The molecule has 0 unspecified atom stereocenters. The van der Waals surface area contributed by atoms with Gasteiger partial charge in [-0.05, 0) is 49.2 Å². The molecular weight excluding hydrogens is 582 g/mol. The van der Waals surface area contributed by atoms with Gasteiger partial charge < -0.3 is 14.5 Å². The number of carbonyl (C=O) groups excluding carboxylic acids is 1. The number of ether oxygens (including phenoxy) is 1. The zero-order valence-corrected chi connectivity index (χ0v) is 25.4. The number of amides is 1. The molecule has 224 valence electrons. The molecule has 1 aromatic carbocycles. The topological polar surface area (TPSA) is 76.4 Å². The molecule has 0 N–H and O–H groups in total. The van der Waals surface area contributed by atoms with Crippen LogP contribution in [0.2, 0.25) is 0 Å². The Hall–Kier alpha value is -4.48. The van der Waals surface area contributed by atoms with Crippen LogP contribution in [0.4, 0.5) is 8.78 Å². The predicted molar refractivity (Wildman–Crippen MR) is 166 cm³/mol. The van der Waals surface area contributed by atoms with E-state index in [1.165, 1.54) is 30.6 Å². The van der Waals surface area contributed by atoms with E-state index in [0.29, 0.717) is 35.7 Å². The maximum atomic E-state index is 15.8. The predicted octanol–water partition coefficient (Wildman–Crippen LogP) is 6.25. The van der Waals surface area contributed by atoms with Crippen LogP contribution in [-0.4, -0.2) is 62.7 Å².